The number of aromatic nitrogens is 1. The van der Waals surface area contributed by atoms with Crippen molar-refractivity contribution in [1.82, 2.24) is 15.2 Å². The Balaban J connectivity index is 1.37. The van der Waals surface area contributed by atoms with Gasteiger partial charge in [-0.2, -0.15) is 0 Å². The van der Waals surface area contributed by atoms with Gasteiger partial charge in [-0.15, -0.1) is 11.3 Å². The van der Waals surface area contributed by atoms with Crippen molar-refractivity contribution < 1.29 is 14.4 Å². The molecule has 2 heterocycles. The molecular formula is C20H21ClN4O3S. The fourth-order valence-electron chi connectivity index (χ4n) is 3.89. The summed E-state index contributed by atoms with van der Waals surface area (Å²) < 4.78 is 0. The van der Waals surface area contributed by atoms with Crippen LogP contribution in [0.15, 0.2) is 30.5 Å². The molecule has 1 aliphatic heterocycles. The van der Waals surface area contributed by atoms with Gasteiger partial charge >= 0.3 is 6.03 Å². The van der Waals surface area contributed by atoms with Crippen LogP contribution in [0.1, 0.15) is 42.5 Å². The number of imide groups is 1. The molecule has 9 heteroatoms. The minimum atomic E-state index is -0.821. The van der Waals surface area contributed by atoms with E-state index in [2.05, 4.69) is 15.6 Å². The summed E-state index contributed by atoms with van der Waals surface area (Å²) in [7, 11) is 0. The van der Waals surface area contributed by atoms with Gasteiger partial charge in [0.15, 0.2) is 5.13 Å². The van der Waals surface area contributed by atoms with Crippen molar-refractivity contribution in [3.63, 3.8) is 0 Å². The van der Waals surface area contributed by atoms with Gasteiger partial charge < -0.3 is 10.6 Å². The maximum atomic E-state index is 12.8. The average Bonchev–Trinajstić information content (AvgIpc) is 3.22. The minimum Gasteiger partial charge on any atom is -0.323 e. The SMILES string of the molecule is O=C(CN1C(=O)NC2(CCCCC2)C1=O)Nc1ncc(Cc2ccccc2Cl)s1. The molecule has 2 aromatic rings. The number of nitrogens with one attached hydrogen (secondary N) is 2. The van der Waals surface area contributed by atoms with Crippen LogP contribution in [0.3, 0.4) is 0 Å². The van der Waals surface area contributed by atoms with Crippen LogP contribution in [0.25, 0.3) is 0 Å². The van der Waals surface area contributed by atoms with Crippen LogP contribution in [-0.2, 0) is 16.0 Å². The van der Waals surface area contributed by atoms with E-state index in [4.69, 9.17) is 11.6 Å². The number of hydrogen-bond donors (Lipinski definition) is 2. The summed E-state index contributed by atoms with van der Waals surface area (Å²) in [4.78, 5) is 43.6. The number of rotatable bonds is 5. The second kappa shape index (κ2) is 8.12. The van der Waals surface area contributed by atoms with Crippen LogP contribution < -0.4 is 10.6 Å². The van der Waals surface area contributed by atoms with Gasteiger partial charge in [-0.1, -0.05) is 49.1 Å². The van der Waals surface area contributed by atoms with Gasteiger partial charge in [-0.3, -0.25) is 14.5 Å². The molecule has 2 N–H and O–H groups in total. The van der Waals surface area contributed by atoms with Gasteiger partial charge in [0, 0.05) is 22.5 Å². The molecule has 1 aromatic carbocycles. The Morgan fingerprint density at radius 1 is 1.24 bits per heavy atom. The quantitative estimate of drug-likeness (QED) is 0.706. The number of carbonyl (C=O) groups excluding carboxylic acids is 3. The topological polar surface area (TPSA) is 91.4 Å². The molecular weight excluding hydrogens is 412 g/mol. The van der Waals surface area contributed by atoms with E-state index in [1.165, 1.54) is 11.3 Å². The van der Waals surface area contributed by atoms with E-state index >= 15 is 0 Å². The van der Waals surface area contributed by atoms with E-state index in [0.29, 0.717) is 29.4 Å². The summed E-state index contributed by atoms with van der Waals surface area (Å²) in [6, 6.07) is 7.07. The van der Waals surface area contributed by atoms with Crippen molar-refractivity contribution in [3.8, 4) is 0 Å². The molecule has 1 saturated carbocycles. The van der Waals surface area contributed by atoms with Crippen LogP contribution in [0.5, 0.6) is 0 Å². The first-order chi connectivity index (χ1) is 14.0. The number of hydrogen-bond acceptors (Lipinski definition) is 5. The van der Waals surface area contributed by atoms with Crippen LogP contribution >= 0.6 is 22.9 Å². The molecule has 0 unspecified atom stereocenters. The number of carbonyl (C=O) groups is 3. The first-order valence-corrected chi connectivity index (χ1v) is 10.8. The Morgan fingerprint density at radius 2 is 2.00 bits per heavy atom. The Morgan fingerprint density at radius 3 is 2.76 bits per heavy atom. The molecule has 0 bridgehead atoms. The van der Waals surface area contributed by atoms with Gasteiger partial charge in [0.1, 0.15) is 12.1 Å². The van der Waals surface area contributed by atoms with Crippen molar-refractivity contribution in [1.29, 1.82) is 0 Å². The molecule has 152 valence electrons. The molecule has 4 amide bonds. The van der Waals surface area contributed by atoms with Crippen molar-refractivity contribution >= 4 is 45.9 Å². The number of anilines is 1. The number of benzene rings is 1. The zero-order valence-corrected chi connectivity index (χ0v) is 17.3. The molecule has 1 saturated heterocycles. The predicted octanol–water partition coefficient (Wildman–Crippen LogP) is 3.58. The highest BCUT2D eigenvalue weighted by Gasteiger charge is 2.51. The zero-order valence-electron chi connectivity index (χ0n) is 15.7. The van der Waals surface area contributed by atoms with Gasteiger partial charge in [0.05, 0.1) is 0 Å². The third-order valence-corrected chi connectivity index (χ3v) is 6.66. The average molecular weight is 433 g/mol. The third kappa shape index (κ3) is 4.13. The molecule has 2 aliphatic rings. The standard InChI is InChI=1S/C20H21ClN4O3S/c21-15-7-3-2-6-13(15)10-14-11-22-18(29-14)23-16(26)12-25-17(27)20(24-19(25)28)8-4-1-5-9-20/h2-3,6-7,11H,1,4-5,8-10,12H2,(H,24,28)(H,22,23,26). The van der Waals surface area contributed by atoms with Crippen LogP contribution in [0, 0.1) is 0 Å². The van der Waals surface area contributed by atoms with E-state index in [1.54, 1.807) is 6.20 Å². The highest BCUT2D eigenvalue weighted by Crippen LogP contribution is 2.33. The molecule has 29 heavy (non-hydrogen) atoms. The lowest BCUT2D eigenvalue weighted by Gasteiger charge is -2.30. The van der Waals surface area contributed by atoms with Crippen molar-refractivity contribution in [2.75, 3.05) is 11.9 Å². The monoisotopic (exact) mass is 432 g/mol. The lowest BCUT2D eigenvalue weighted by molar-refractivity contribution is -0.134. The first kappa shape index (κ1) is 19.8. The van der Waals surface area contributed by atoms with Crippen molar-refractivity contribution in [2.45, 2.75) is 44.1 Å². The summed E-state index contributed by atoms with van der Waals surface area (Å²) in [5.41, 5.74) is 0.159. The second-order valence-corrected chi connectivity index (χ2v) is 8.93. The van der Waals surface area contributed by atoms with E-state index < -0.39 is 17.5 Å². The number of amides is 4. The Kier molecular flexibility index (Phi) is 5.56. The Labute approximate surface area is 177 Å². The number of nitrogens with zero attached hydrogens (tertiary/aromatic N) is 2. The molecule has 0 atom stereocenters. The summed E-state index contributed by atoms with van der Waals surface area (Å²) in [5, 5.41) is 6.60. The lowest BCUT2D eigenvalue weighted by atomic mass is 9.82. The maximum absolute atomic E-state index is 12.8. The van der Waals surface area contributed by atoms with Gasteiger partial charge in [-0.25, -0.2) is 9.78 Å². The molecule has 2 fully saturated rings. The molecule has 7 nitrogen and oxygen atoms in total. The normalized spacial score (nSPS) is 18.2. The first-order valence-electron chi connectivity index (χ1n) is 9.59. The highest BCUT2D eigenvalue weighted by atomic mass is 35.5. The summed E-state index contributed by atoms with van der Waals surface area (Å²) in [6.07, 6.45) is 6.43. The predicted molar refractivity (Wildman–Crippen MR) is 111 cm³/mol. The summed E-state index contributed by atoms with van der Waals surface area (Å²) >= 11 is 7.53. The lowest BCUT2D eigenvalue weighted by Crippen LogP contribution is -2.48. The molecule has 1 spiro atoms. The zero-order chi connectivity index (χ0) is 20.4. The van der Waals surface area contributed by atoms with Gasteiger partial charge in [0.2, 0.25) is 5.91 Å². The number of thiazole rings is 1. The molecule has 4 rings (SSSR count). The molecule has 1 aromatic heterocycles. The van der Waals surface area contributed by atoms with Crippen LogP contribution in [0.2, 0.25) is 5.02 Å². The smallest absolute Gasteiger partial charge is 0.323 e. The maximum Gasteiger partial charge on any atom is 0.325 e. The molecule has 1 aliphatic carbocycles. The van der Waals surface area contributed by atoms with Gasteiger partial charge in [-0.05, 0) is 24.5 Å². The third-order valence-electron chi connectivity index (χ3n) is 5.38. The summed E-state index contributed by atoms with van der Waals surface area (Å²) in [6.45, 7) is -0.314. The van der Waals surface area contributed by atoms with E-state index in [-0.39, 0.29) is 12.5 Å². The summed E-state index contributed by atoms with van der Waals surface area (Å²) in [5.74, 6) is -0.740. The van der Waals surface area contributed by atoms with E-state index in [1.807, 2.05) is 24.3 Å². The number of urea groups is 1. The Hall–Kier alpha value is -2.45. The Bertz CT molecular complexity index is 955. The van der Waals surface area contributed by atoms with Crippen molar-refractivity contribution in [2.24, 2.45) is 0 Å². The molecule has 0 radical (unpaired) electrons. The van der Waals surface area contributed by atoms with E-state index in [9.17, 15) is 14.4 Å². The minimum absolute atomic E-state index is 0.295. The fraction of sp³-hybridized carbons (Fsp3) is 0.400. The highest BCUT2D eigenvalue weighted by molar-refractivity contribution is 7.15. The van der Waals surface area contributed by atoms with Crippen molar-refractivity contribution in [3.05, 3.63) is 45.9 Å². The number of halogens is 1. The van der Waals surface area contributed by atoms with Gasteiger partial charge in [0.25, 0.3) is 5.91 Å². The van der Waals surface area contributed by atoms with E-state index in [0.717, 1.165) is 34.6 Å². The fourth-order valence-corrected chi connectivity index (χ4v) is 4.95. The second-order valence-electron chi connectivity index (χ2n) is 7.41. The van der Waals surface area contributed by atoms with Crippen LogP contribution in [0.4, 0.5) is 9.93 Å². The largest absolute Gasteiger partial charge is 0.325 e. The van der Waals surface area contributed by atoms with Crippen LogP contribution in [-0.4, -0.2) is 39.8 Å².